The number of para-hydroxylation sites is 1. The van der Waals surface area contributed by atoms with E-state index in [1.807, 2.05) is 60.9 Å². The van der Waals surface area contributed by atoms with Gasteiger partial charge in [-0.2, -0.15) is 11.8 Å². The van der Waals surface area contributed by atoms with Crippen molar-refractivity contribution in [3.63, 3.8) is 0 Å². The molecular weight excluding hydrogens is 330 g/mol. The monoisotopic (exact) mass is 353 g/mol. The second-order valence-electron chi connectivity index (χ2n) is 6.44. The van der Waals surface area contributed by atoms with Crippen LogP contribution in [0.2, 0.25) is 0 Å². The Balaban J connectivity index is 1.94. The molecule has 0 aliphatic carbocycles. The van der Waals surface area contributed by atoms with Gasteiger partial charge in [0.25, 0.3) is 5.91 Å². The molecule has 4 heteroatoms. The molecule has 3 rings (SSSR count). The van der Waals surface area contributed by atoms with Crippen LogP contribution >= 0.6 is 11.8 Å². The van der Waals surface area contributed by atoms with Gasteiger partial charge in [-0.05, 0) is 23.8 Å². The summed E-state index contributed by atoms with van der Waals surface area (Å²) in [5, 5.41) is 4.18. The standard InChI is InChI=1S/C21H23NO2S/c1-14(2)19(15-9-5-4-6-10-15)22-21(23)20-17(13-25-3)16-11-7-8-12-18(16)24-20/h4-12,14,19H,13H2,1-3H3,(H,22,23). The number of benzene rings is 2. The van der Waals surface area contributed by atoms with Gasteiger partial charge < -0.3 is 9.73 Å². The van der Waals surface area contributed by atoms with Gasteiger partial charge in [0.05, 0.1) is 6.04 Å². The number of nitrogens with one attached hydrogen (secondary N) is 1. The van der Waals surface area contributed by atoms with E-state index in [1.54, 1.807) is 11.8 Å². The Morgan fingerprint density at radius 1 is 1.08 bits per heavy atom. The highest BCUT2D eigenvalue weighted by molar-refractivity contribution is 7.97. The molecule has 1 N–H and O–H groups in total. The SMILES string of the molecule is CSCc1c(C(=O)NC(c2ccccc2)C(C)C)oc2ccccc12. The van der Waals surface area contributed by atoms with Gasteiger partial charge in [-0.25, -0.2) is 0 Å². The third-order valence-corrected chi connectivity index (χ3v) is 4.88. The molecule has 1 amide bonds. The van der Waals surface area contributed by atoms with Crippen LogP contribution in [0.5, 0.6) is 0 Å². The Hall–Kier alpha value is -2.20. The van der Waals surface area contributed by atoms with E-state index < -0.39 is 0 Å². The normalized spacial score (nSPS) is 12.5. The zero-order valence-electron chi connectivity index (χ0n) is 14.8. The minimum Gasteiger partial charge on any atom is -0.451 e. The maximum atomic E-state index is 13.0. The van der Waals surface area contributed by atoms with Gasteiger partial charge in [0.15, 0.2) is 5.76 Å². The van der Waals surface area contributed by atoms with Crippen LogP contribution in [0.25, 0.3) is 11.0 Å². The van der Waals surface area contributed by atoms with Crippen LogP contribution in [0, 0.1) is 5.92 Å². The van der Waals surface area contributed by atoms with Crippen LogP contribution in [0.1, 0.15) is 41.6 Å². The van der Waals surface area contributed by atoms with Crippen LogP contribution < -0.4 is 5.32 Å². The molecule has 130 valence electrons. The lowest BCUT2D eigenvalue weighted by molar-refractivity contribution is 0.0898. The highest BCUT2D eigenvalue weighted by atomic mass is 32.2. The third-order valence-electron chi connectivity index (χ3n) is 4.31. The van der Waals surface area contributed by atoms with E-state index in [-0.39, 0.29) is 17.9 Å². The van der Waals surface area contributed by atoms with Gasteiger partial charge in [0.2, 0.25) is 0 Å². The molecule has 0 bridgehead atoms. The largest absolute Gasteiger partial charge is 0.451 e. The zero-order valence-corrected chi connectivity index (χ0v) is 15.6. The summed E-state index contributed by atoms with van der Waals surface area (Å²) in [5.41, 5.74) is 2.84. The number of thioether (sulfide) groups is 1. The number of rotatable bonds is 6. The molecule has 1 unspecified atom stereocenters. The molecule has 1 heterocycles. The third kappa shape index (κ3) is 3.74. The van der Waals surface area contributed by atoms with Gasteiger partial charge in [-0.3, -0.25) is 4.79 Å². The van der Waals surface area contributed by atoms with E-state index in [1.165, 1.54) is 0 Å². The molecule has 25 heavy (non-hydrogen) atoms. The Kier molecular flexibility index (Phi) is 5.49. The van der Waals surface area contributed by atoms with Crippen molar-refractivity contribution in [1.82, 2.24) is 5.32 Å². The summed E-state index contributed by atoms with van der Waals surface area (Å²) < 4.78 is 5.90. The fraction of sp³-hybridized carbons (Fsp3) is 0.286. The maximum absolute atomic E-state index is 13.0. The van der Waals surface area contributed by atoms with Crippen LogP contribution in [-0.2, 0) is 5.75 Å². The summed E-state index contributed by atoms with van der Waals surface area (Å²) in [5.74, 6) is 1.30. The summed E-state index contributed by atoms with van der Waals surface area (Å²) in [6, 6.07) is 17.8. The molecule has 0 radical (unpaired) electrons. The van der Waals surface area contributed by atoms with Gasteiger partial charge in [0.1, 0.15) is 5.58 Å². The molecule has 0 saturated carbocycles. The van der Waals surface area contributed by atoms with Crippen LogP contribution in [0.15, 0.2) is 59.0 Å². The molecule has 1 atom stereocenters. The summed E-state index contributed by atoms with van der Waals surface area (Å²) in [4.78, 5) is 13.0. The summed E-state index contributed by atoms with van der Waals surface area (Å²) in [7, 11) is 0. The smallest absolute Gasteiger partial charge is 0.287 e. The molecule has 0 aliphatic heterocycles. The van der Waals surface area contributed by atoms with Crippen molar-refractivity contribution in [3.05, 3.63) is 71.5 Å². The highest BCUT2D eigenvalue weighted by Gasteiger charge is 2.24. The Labute approximate surface area is 152 Å². The topological polar surface area (TPSA) is 42.2 Å². The minimum absolute atomic E-state index is 0.0518. The average Bonchev–Trinajstić information content (AvgIpc) is 2.99. The predicted molar refractivity (Wildman–Crippen MR) is 105 cm³/mol. The first-order valence-corrected chi connectivity index (χ1v) is 9.86. The van der Waals surface area contributed by atoms with E-state index in [2.05, 4.69) is 19.2 Å². The Bertz CT molecular complexity index is 855. The van der Waals surface area contributed by atoms with Crippen LogP contribution in [0.4, 0.5) is 0 Å². The van der Waals surface area contributed by atoms with Crippen molar-refractivity contribution in [3.8, 4) is 0 Å². The number of amides is 1. The average molecular weight is 353 g/mol. The lowest BCUT2D eigenvalue weighted by Gasteiger charge is -2.22. The molecular formula is C21H23NO2S. The van der Waals surface area contributed by atoms with Crippen LogP contribution in [-0.4, -0.2) is 12.2 Å². The van der Waals surface area contributed by atoms with Gasteiger partial charge >= 0.3 is 0 Å². The molecule has 0 saturated heterocycles. The van der Waals surface area contributed by atoms with Crippen molar-refractivity contribution in [2.45, 2.75) is 25.6 Å². The van der Waals surface area contributed by atoms with E-state index in [4.69, 9.17) is 4.42 Å². The summed E-state index contributed by atoms with van der Waals surface area (Å²) in [6.07, 6.45) is 2.03. The fourth-order valence-corrected chi connectivity index (χ4v) is 3.65. The molecule has 1 aromatic heterocycles. The van der Waals surface area contributed by atoms with E-state index in [0.29, 0.717) is 5.76 Å². The van der Waals surface area contributed by atoms with Gasteiger partial charge in [-0.1, -0.05) is 62.4 Å². The minimum atomic E-state index is -0.150. The van der Waals surface area contributed by atoms with E-state index in [0.717, 1.165) is 27.8 Å². The second-order valence-corrected chi connectivity index (χ2v) is 7.31. The first-order valence-electron chi connectivity index (χ1n) is 8.47. The van der Waals surface area contributed by atoms with E-state index >= 15 is 0 Å². The molecule has 3 aromatic rings. The van der Waals surface area contributed by atoms with Crippen molar-refractivity contribution < 1.29 is 9.21 Å². The van der Waals surface area contributed by atoms with Crippen molar-refractivity contribution in [1.29, 1.82) is 0 Å². The number of hydrogen-bond acceptors (Lipinski definition) is 3. The number of carbonyl (C=O) groups excluding carboxylic acids is 1. The quantitative estimate of drug-likeness (QED) is 0.643. The summed E-state index contributed by atoms with van der Waals surface area (Å²) in [6.45, 7) is 4.22. The first-order chi connectivity index (χ1) is 12.1. The van der Waals surface area contributed by atoms with Crippen molar-refractivity contribution in [2.24, 2.45) is 5.92 Å². The highest BCUT2D eigenvalue weighted by Crippen LogP contribution is 2.30. The number of furan rings is 1. The molecule has 0 aliphatic rings. The predicted octanol–water partition coefficient (Wildman–Crippen LogP) is 5.42. The number of hydrogen-bond donors (Lipinski definition) is 1. The Morgan fingerprint density at radius 3 is 2.44 bits per heavy atom. The Morgan fingerprint density at radius 2 is 1.76 bits per heavy atom. The summed E-state index contributed by atoms with van der Waals surface area (Å²) >= 11 is 1.69. The second kappa shape index (κ2) is 7.79. The number of carbonyl (C=O) groups is 1. The van der Waals surface area contributed by atoms with Gasteiger partial charge in [-0.15, -0.1) is 0 Å². The van der Waals surface area contributed by atoms with E-state index in [9.17, 15) is 4.79 Å². The zero-order chi connectivity index (χ0) is 17.8. The lowest BCUT2D eigenvalue weighted by Crippen LogP contribution is -2.32. The molecule has 2 aromatic carbocycles. The van der Waals surface area contributed by atoms with Crippen molar-refractivity contribution in [2.75, 3.05) is 6.26 Å². The molecule has 3 nitrogen and oxygen atoms in total. The van der Waals surface area contributed by atoms with Crippen molar-refractivity contribution >= 4 is 28.6 Å². The maximum Gasteiger partial charge on any atom is 0.287 e. The van der Waals surface area contributed by atoms with Crippen LogP contribution in [0.3, 0.4) is 0 Å². The number of fused-ring (bicyclic) bond motifs is 1. The fourth-order valence-electron chi connectivity index (χ4n) is 3.07. The molecule has 0 fully saturated rings. The molecule has 0 spiro atoms. The first kappa shape index (κ1) is 17.6. The lowest BCUT2D eigenvalue weighted by atomic mass is 9.96. The van der Waals surface area contributed by atoms with Gasteiger partial charge in [0, 0.05) is 16.7 Å².